The molecule has 0 saturated heterocycles. The lowest BCUT2D eigenvalue weighted by Crippen LogP contribution is -1.92. The molecule has 2 N–H and O–H groups in total. The summed E-state index contributed by atoms with van der Waals surface area (Å²) in [6.07, 6.45) is 1.28. The van der Waals surface area contributed by atoms with Crippen molar-refractivity contribution in [2.45, 2.75) is 13.8 Å². The van der Waals surface area contributed by atoms with Gasteiger partial charge in [-0.25, -0.2) is 9.37 Å². The van der Waals surface area contributed by atoms with Gasteiger partial charge in [0.15, 0.2) is 0 Å². The Bertz CT molecular complexity index is 527. The third kappa shape index (κ3) is 3.17. The summed E-state index contributed by atoms with van der Waals surface area (Å²) in [5, 5.41) is 0.298. The van der Waals surface area contributed by atoms with Crippen molar-refractivity contribution < 1.29 is 8.78 Å². The van der Waals surface area contributed by atoms with Gasteiger partial charge < -0.3 is 5.73 Å². The zero-order chi connectivity index (χ0) is 13.7. The van der Waals surface area contributed by atoms with Crippen molar-refractivity contribution >= 4 is 17.3 Å². The summed E-state index contributed by atoms with van der Waals surface area (Å²) in [4.78, 5) is 3.47. The van der Waals surface area contributed by atoms with E-state index in [4.69, 9.17) is 17.3 Å². The second-order valence-electron chi connectivity index (χ2n) is 3.22. The summed E-state index contributed by atoms with van der Waals surface area (Å²) >= 11 is 5.91. The first kappa shape index (κ1) is 14.4. The normalized spacial score (nSPS) is 9.61. The monoisotopic (exact) mass is 270 g/mol. The zero-order valence-corrected chi connectivity index (χ0v) is 10.8. The molecule has 0 atom stereocenters. The molecular weight excluding hydrogens is 258 g/mol. The molecule has 0 unspecified atom stereocenters. The van der Waals surface area contributed by atoms with Crippen LogP contribution in [0.15, 0.2) is 30.5 Å². The first-order chi connectivity index (χ1) is 8.58. The minimum Gasteiger partial charge on any atom is -0.396 e. The van der Waals surface area contributed by atoms with Crippen LogP contribution in [0.4, 0.5) is 14.5 Å². The first-order valence-corrected chi connectivity index (χ1v) is 5.82. The van der Waals surface area contributed by atoms with Crippen LogP contribution in [-0.2, 0) is 0 Å². The number of halogens is 3. The zero-order valence-electron chi connectivity index (χ0n) is 10.0. The average Bonchev–Trinajstić information content (AvgIpc) is 2.37. The van der Waals surface area contributed by atoms with Crippen LogP contribution in [0.25, 0.3) is 11.1 Å². The first-order valence-electron chi connectivity index (χ1n) is 5.44. The summed E-state index contributed by atoms with van der Waals surface area (Å²) < 4.78 is 25.9. The third-order valence-electron chi connectivity index (χ3n) is 2.12. The molecule has 0 radical (unpaired) electrons. The maximum Gasteiger partial charge on any atom is 0.212 e. The summed E-state index contributed by atoms with van der Waals surface area (Å²) in [5.41, 5.74) is 6.30. The molecule has 1 aromatic heterocycles. The molecular formula is C13H13ClF2N2. The molecule has 0 saturated carbocycles. The van der Waals surface area contributed by atoms with E-state index < -0.39 is 11.8 Å². The predicted octanol–water partition coefficient (Wildman–Crippen LogP) is 4.29. The summed E-state index contributed by atoms with van der Waals surface area (Å²) in [6, 6.07) is 5.17. The molecule has 0 fully saturated rings. The Balaban J connectivity index is 0.000000771. The van der Waals surface area contributed by atoms with Crippen molar-refractivity contribution in [2.24, 2.45) is 0 Å². The van der Waals surface area contributed by atoms with Crippen molar-refractivity contribution in [3.05, 3.63) is 47.2 Å². The minimum absolute atomic E-state index is 0.0242. The van der Waals surface area contributed by atoms with E-state index in [0.29, 0.717) is 16.1 Å². The molecule has 2 nitrogen and oxygen atoms in total. The fourth-order valence-electron chi connectivity index (χ4n) is 1.32. The van der Waals surface area contributed by atoms with Crippen LogP contribution in [0.2, 0.25) is 5.02 Å². The lowest BCUT2D eigenvalue weighted by atomic mass is 10.1. The topological polar surface area (TPSA) is 38.9 Å². The molecule has 2 rings (SSSR count). The van der Waals surface area contributed by atoms with E-state index in [1.807, 2.05) is 13.8 Å². The van der Waals surface area contributed by atoms with Crippen LogP contribution < -0.4 is 5.73 Å². The Morgan fingerprint density at radius 3 is 2.39 bits per heavy atom. The predicted molar refractivity (Wildman–Crippen MR) is 70.4 cm³/mol. The molecule has 96 valence electrons. The SMILES string of the molecule is CC.Nc1cc(Cl)c(-c2ccc(F)nc2)cc1F. The molecule has 18 heavy (non-hydrogen) atoms. The highest BCUT2D eigenvalue weighted by Crippen LogP contribution is 2.30. The van der Waals surface area contributed by atoms with Crippen LogP contribution in [0, 0.1) is 11.8 Å². The highest BCUT2D eigenvalue weighted by Gasteiger charge is 2.08. The third-order valence-corrected chi connectivity index (χ3v) is 2.44. The Morgan fingerprint density at radius 1 is 1.17 bits per heavy atom. The van der Waals surface area contributed by atoms with Gasteiger partial charge >= 0.3 is 0 Å². The van der Waals surface area contributed by atoms with E-state index in [1.165, 1.54) is 30.5 Å². The molecule has 1 aromatic carbocycles. The Hall–Kier alpha value is -1.68. The van der Waals surface area contributed by atoms with Gasteiger partial charge in [-0.2, -0.15) is 4.39 Å². The van der Waals surface area contributed by atoms with E-state index in [1.54, 1.807) is 0 Å². The molecule has 5 heteroatoms. The van der Waals surface area contributed by atoms with E-state index in [9.17, 15) is 8.78 Å². The Morgan fingerprint density at radius 2 is 1.83 bits per heavy atom. The van der Waals surface area contributed by atoms with Gasteiger partial charge in [-0.1, -0.05) is 25.4 Å². The smallest absolute Gasteiger partial charge is 0.212 e. The fourth-order valence-corrected chi connectivity index (χ4v) is 1.60. The lowest BCUT2D eigenvalue weighted by Gasteiger charge is -2.06. The van der Waals surface area contributed by atoms with Crippen LogP contribution in [0.3, 0.4) is 0 Å². The van der Waals surface area contributed by atoms with E-state index in [-0.39, 0.29) is 5.69 Å². The van der Waals surface area contributed by atoms with E-state index >= 15 is 0 Å². The molecule has 0 spiro atoms. The largest absolute Gasteiger partial charge is 0.396 e. The van der Waals surface area contributed by atoms with Crippen molar-refractivity contribution in [3.63, 3.8) is 0 Å². The molecule has 0 aliphatic heterocycles. The quantitative estimate of drug-likeness (QED) is 0.620. The fraction of sp³-hybridized carbons (Fsp3) is 0.154. The van der Waals surface area contributed by atoms with Gasteiger partial charge in [0.05, 0.1) is 10.7 Å². The average molecular weight is 271 g/mol. The summed E-state index contributed by atoms with van der Waals surface area (Å²) in [7, 11) is 0. The van der Waals surface area contributed by atoms with Gasteiger partial charge in [0, 0.05) is 17.3 Å². The van der Waals surface area contributed by atoms with Gasteiger partial charge in [0.2, 0.25) is 5.95 Å². The second-order valence-corrected chi connectivity index (χ2v) is 3.63. The molecule has 0 amide bonds. The summed E-state index contributed by atoms with van der Waals surface area (Å²) in [5.74, 6) is -1.17. The number of hydrogen-bond acceptors (Lipinski definition) is 2. The Kier molecular flexibility index (Phi) is 5.04. The highest BCUT2D eigenvalue weighted by atomic mass is 35.5. The molecule has 0 aliphatic rings. The number of pyridine rings is 1. The number of benzene rings is 1. The Labute approximate surface area is 109 Å². The van der Waals surface area contributed by atoms with E-state index in [2.05, 4.69) is 4.98 Å². The van der Waals surface area contributed by atoms with E-state index in [0.717, 1.165) is 0 Å². The number of rotatable bonds is 1. The van der Waals surface area contributed by atoms with Crippen molar-refractivity contribution in [3.8, 4) is 11.1 Å². The van der Waals surface area contributed by atoms with Crippen LogP contribution in [0.5, 0.6) is 0 Å². The van der Waals surface area contributed by atoms with Gasteiger partial charge in [-0.3, -0.25) is 0 Å². The number of anilines is 1. The van der Waals surface area contributed by atoms with Crippen LogP contribution >= 0.6 is 11.6 Å². The van der Waals surface area contributed by atoms with Gasteiger partial charge in [-0.15, -0.1) is 0 Å². The number of hydrogen-bond donors (Lipinski definition) is 1. The lowest BCUT2D eigenvalue weighted by molar-refractivity contribution is 0.584. The maximum atomic E-state index is 13.2. The van der Waals surface area contributed by atoms with Crippen molar-refractivity contribution in [2.75, 3.05) is 5.73 Å². The van der Waals surface area contributed by atoms with Crippen molar-refractivity contribution in [1.29, 1.82) is 0 Å². The van der Waals surface area contributed by atoms with Gasteiger partial charge in [0.1, 0.15) is 5.82 Å². The summed E-state index contributed by atoms with van der Waals surface area (Å²) in [6.45, 7) is 4.00. The van der Waals surface area contributed by atoms with Gasteiger partial charge in [-0.05, 0) is 24.3 Å². The second kappa shape index (κ2) is 6.31. The molecule has 0 aliphatic carbocycles. The minimum atomic E-state index is -0.601. The highest BCUT2D eigenvalue weighted by molar-refractivity contribution is 6.33. The molecule has 0 bridgehead atoms. The number of nitrogen functional groups attached to an aromatic ring is 1. The molecule has 2 aromatic rings. The number of nitrogens with zero attached hydrogens (tertiary/aromatic N) is 1. The standard InChI is InChI=1S/C11H7ClF2N2.C2H6/c12-8-4-10(15)9(13)3-7(8)6-1-2-11(14)16-5-6;1-2/h1-5H,15H2;1-2H3. The van der Waals surface area contributed by atoms with Gasteiger partial charge in [0.25, 0.3) is 0 Å². The number of aromatic nitrogens is 1. The maximum absolute atomic E-state index is 13.2. The number of nitrogens with two attached hydrogens (primary N) is 1. The van der Waals surface area contributed by atoms with Crippen molar-refractivity contribution in [1.82, 2.24) is 4.98 Å². The van der Waals surface area contributed by atoms with Crippen LogP contribution in [-0.4, -0.2) is 4.98 Å². The molecule has 1 heterocycles. The van der Waals surface area contributed by atoms with Crippen LogP contribution in [0.1, 0.15) is 13.8 Å².